The van der Waals surface area contributed by atoms with E-state index in [0.29, 0.717) is 19.5 Å². The number of hydrogen-bond acceptors (Lipinski definition) is 4. The Balaban J connectivity index is 1.71. The lowest BCUT2D eigenvalue weighted by Gasteiger charge is -2.28. The molecule has 1 heterocycles. The van der Waals surface area contributed by atoms with Crippen LogP contribution in [0.3, 0.4) is 0 Å². The van der Waals surface area contributed by atoms with Gasteiger partial charge in [-0.2, -0.15) is 0 Å². The van der Waals surface area contributed by atoms with Crippen LogP contribution in [0, 0.1) is 0 Å². The Morgan fingerprint density at radius 3 is 2.54 bits per heavy atom. The zero-order valence-electron chi connectivity index (χ0n) is 14.9. The minimum absolute atomic E-state index is 0.220. The SMILES string of the molecule is CN(C)S(=O)(=O)c1ccc2c(c1)CN(C(=O)OCc1ccccc1)CC2. The van der Waals surface area contributed by atoms with E-state index in [1.165, 1.54) is 18.4 Å². The number of hydrogen-bond donors (Lipinski definition) is 0. The van der Waals surface area contributed by atoms with Crippen LogP contribution < -0.4 is 0 Å². The first kappa shape index (κ1) is 18.4. The predicted octanol–water partition coefficient (Wildman–Crippen LogP) is 2.63. The molecule has 0 bridgehead atoms. The summed E-state index contributed by atoms with van der Waals surface area (Å²) in [5, 5.41) is 0. The maximum atomic E-state index is 12.3. The molecule has 0 spiro atoms. The van der Waals surface area contributed by atoms with Gasteiger partial charge in [-0.15, -0.1) is 0 Å². The number of benzene rings is 2. The third-order valence-corrected chi connectivity index (χ3v) is 6.24. The van der Waals surface area contributed by atoms with Gasteiger partial charge < -0.3 is 9.64 Å². The summed E-state index contributed by atoms with van der Waals surface area (Å²) in [7, 11) is -0.492. The molecule has 0 unspecified atom stereocenters. The Kier molecular flexibility index (Phi) is 5.29. The van der Waals surface area contributed by atoms with Gasteiger partial charge in [0.1, 0.15) is 6.61 Å². The molecule has 138 valence electrons. The van der Waals surface area contributed by atoms with E-state index >= 15 is 0 Å². The molecule has 0 fully saturated rings. The fourth-order valence-electron chi connectivity index (χ4n) is 2.87. The highest BCUT2D eigenvalue weighted by Crippen LogP contribution is 2.24. The van der Waals surface area contributed by atoms with Gasteiger partial charge in [-0.25, -0.2) is 17.5 Å². The Labute approximate surface area is 154 Å². The summed E-state index contributed by atoms with van der Waals surface area (Å²) in [4.78, 5) is 14.2. The summed E-state index contributed by atoms with van der Waals surface area (Å²) in [6, 6.07) is 14.6. The molecule has 1 aliphatic heterocycles. The van der Waals surface area contributed by atoms with Crippen molar-refractivity contribution in [2.24, 2.45) is 0 Å². The number of ether oxygens (including phenoxy) is 1. The van der Waals surface area contributed by atoms with Crippen LogP contribution in [0.4, 0.5) is 4.79 Å². The lowest BCUT2D eigenvalue weighted by Crippen LogP contribution is -2.36. The normalized spacial score (nSPS) is 14.2. The molecule has 2 aromatic carbocycles. The van der Waals surface area contributed by atoms with Gasteiger partial charge in [-0.3, -0.25) is 0 Å². The number of sulfonamides is 1. The number of rotatable bonds is 4. The molecule has 0 aromatic heterocycles. The Morgan fingerprint density at radius 2 is 1.85 bits per heavy atom. The predicted molar refractivity (Wildman–Crippen MR) is 98.1 cm³/mol. The second-order valence-corrected chi connectivity index (χ2v) is 8.58. The number of amides is 1. The molecule has 0 radical (unpaired) electrons. The summed E-state index contributed by atoms with van der Waals surface area (Å²) < 4.78 is 31.2. The summed E-state index contributed by atoms with van der Waals surface area (Å²) in [5.41, 5.74) is 2.84. The van der Waals surface area contributed by atoms with Gasteiger partial charge in [0, 0.05) is 27.2 Å². The molecule has 0 aliphatic carbocycles. The van der Waals surface area contributed by atoms with Crippen molar-refractivity contribution in [3.63, 3.8) is 0 Å². The number of carbonyl (C=O) groups is 1. The highest BCUT2D eigenvalue weighted by atomic mass is 32.2. The molecule has 6 nitrogen and oxygen atoms in total. The van der Waals surface area contributed by atoms with Gasteiger partial charge in [0.25, 0.3) is 0 Å². The van der Waals surface area contributed by atoms with Gasteiger partial charge in [-0.1, -0.05) is 36.4 Å². The second kappa shape index (κ2) is 7.47. The molecule has 0 N–H and O–H groups in total. The minimum Gasteiger partial charge on any atom is -0.445 e. The summed E-state index contributed by atoms with van der Waals surface area (Å²) in [6.45, 7) is 1.12. The third kappa shape index (κ3) is 3.89. The zero-order chi connectivity index (χ0) is 18.7. The average molecular weight is 374 g/mol. The summed E-state index contributed by atoms with van der Waals surface area (Å²) >= 11 is 0. The Bertz CT molecular complexity index is 895. The summed E-state index contributed by atoms with van der Waals surface area (Å²) in [5.74, 6) is 0. The highest BCUT2D eigenvalue weighted by molar-refractivity contribution is 7.89. The van der Waals surface area contributed by atoms with E-state index in [1.807, 2.05) is 36.4 Å². The second-order valence-electron chi connectivity index (χ2n) is 6.43. The first-order valence-corrected chi connectivity index (χ1v) is 9.82. The van der Waals surface area contributed by atoms with Crippen molar-refractivity contribution in [2.45, 2.75) is 24.5 Å². The number of nitrogens with zero attached hydrogens (tertiary/aromatic N) is 2. The van der Waals surface area contributed by atoms with Crippen LogP contribution in [0.2, 0.25) is 0 Å². The standard InChI is InChI=1S/C19H22N2O4S/c1-20(2)26(23,24)18-9-8-16-10-11-21(13-17(16)12-18)19(22)25-14-15-6-4-3-5-7-15/h3-9,12H,10-11,13-14H2,1-2H3. The Hall–Kier alpha value is -2.38. The van der Waals surface area contributed by atoms with Crippen LogP contribution in [-0.4, -0.2) is 44.4 Å². The quantitative estimate of drug-likeness (QED) is 0.825. The van der Waals surface area contributed by atoms with E-state index in [9.17, 15) is 13.2 Å². The molecule has 0 saturated carbocycles. The monoisotopic (exact) mass is 374 g/mol. The molecule has 2 aromatic rings. The van der Waals surface area contributed by atoms with Crippen LogP contribution in [0.5, 0.6) is 0 Å². The maximum Gasteiger partial charge on any atom is 0.410 e. The third-order valence-electron chi connectivity index (χ3n) is 4.43. The Morgan fingerprint density at radius 1 is 1.12 bits per heavy atom. The summed E-state index contributed by atoms with van der Waals surface area (Å²) in [6.07, 6.45) is 0.290. The molecule has 3 rings (SSSR count). The molecule has 7 heteroatoms. The van der Waals surface area contributed by atoms with Crippen LogP contribution in [0.25, 0.3) is 0 Å². The molecular formula is C19H22N2O4S. The van der Waals surface area contributed by atoms with Gasteiger partial charge in [0.15, 0.2) is 0 Å². The maximum absolute atomic E-state index is 12.3. The molecule has 1 aliphatic rings. The number of fused-ring (bicyclic) bond motifs is 1. The van der Waals surface area contributed by atoms with E-state index in [2.05, 4.69) is 0 Å². The van der Waals surface area contributed by atoms with Crippen molar-refractivity contribution in [2.75, 3.05) is 20.6 Å². The van der Waals surface area contributed by atoms with Crippen LogP contribution in [0.1, 0.15) is 16.7 Å². The first-order chi connectivity index (χ1) is 12.4. The van der Waals surface area contributed by atoms with Crippen LogP contribution in [-0.2, 0) is 34.3 Å². The van der Waals surface area contributed by atoms with Gasteiger partial charge in [0.2, 0.25) is 10.0 Å². The van der Waals surface area contributed by atoms with Gasteiger partial charge >= 0.3 is 6.09 Å². The molecule has 26 heavy (non-hydrogen) atoms. The van der Waals surface area contributed by atoms with Crippen molar-refractivity contribution in [3.05, 3.63) is 65.2 Å². The van der Waals surface area contributed by atoms with Crippen LogP contribution >= 0.6 is 0 Å². The number of carbonyl (C=O) groups excluding carboxylic acids is 1. The van der Waals surface area contributed by atoms with Gasteiger partial charge in [-0.05, 0) is 35.2 Å². The minimum atomic E-state index is -3.50. The molecular weight excluding hydrogens is 352 g/mol. The fraction of sp³-hybridized carbons (Fsp3) is 0.316. The topological polar surface area (TPSA) is 66.9 Å². The average Bonchev–Trinajstić information content (AvgIpc) is 2.65. The van der Waals surface area contributed by atoms with E-state index < -0.39 is 10.0 Å². The highest BCUT2D eigenvalue weighted by Gasteiger charge is 2.25. The van der Waals surface area contributed by atoms with Gasteiger partial charge in [0.05, 0.1) is 4.90 Å². The lowest BCUT2D eigenvalue weighted by atomic mass is 10.0. The molecule has 1 amide bonds. The lowest BCUT2D eigenvalue weighted by molar-refractivity contribution is 0.0918. The van der Waals surface area contributed by atoms with Crippen molar-refractivity contribution < 1.29 is 17.9 Å². The fourth-order valence-corrected chi connectivity index (χ4v) is 3.82. The van der Waals surface area contributed by atoms with E-state index in [4.69, 9.17) is 4.74 Å². The first-order valence-electron chi connectivity index (χ1n) is 8.38. The van der Waals surface area contributed by atoms with Crippen molar-refractivity contribution in [1.82, 2.24) is 9.21 Å². The molecule has 0 atom stereocenters. The van der Waals surface area contributed by atoms with E-state index in [0.717, 1.165) is 16.7 Å². The van der Waals surface area contributed by atoms with E-state index in [1.54, 1.807) is 17.0 Å². The van der Waals surface area contributed by atoms with E-state index in [-0.39, 0.29) is 17.6 Å². The molecule has 0 saturated heterocycles. The van der Waals surface area contributed by atoms with Crippen LogP contribution in [0.15, 0.2) is 53.4 Å². The van der Waals surface area contributed by atoms with Crippen molar-refractivity contribution in [3.8, 4) is 0 Å². The smallest absolute Gasteiger partial charge is 0.410 e. The van der Waals surface area contributed by atoms with Crippen molar-refractivity contribution in [1.29, 1.82) is 0 Å². The van der Waals surface area contributed by atoms with Crippen molar-refractivity contribution >= 4 is 16.1 Å². The zero-order valence-corrected chi connectivity index (χ0v) is 15.7. The largest absolute Gasteiger partial charge is 0.445 e.